The van der Waals surface area contributed by atoms with Crippen LogP contribution in [-0.2, 0) is 12.6 Å². The van der Waals surface area contributed by atoms with Gasteiger partial charge in [0.25, 0.3) is 0 Å². The molecule has 0 saturated heterocycles. The molecule has 0 aliphatic rings. The second-order valence-corrected chi connectivity index (χ2v) is 3.84. The van der Waals surface area contributed by atoms with E-state index in [1.807, 2.05) is 6.92 Å². The van der Waals surface area contributed by atoms with Gasteiger partial charge in [-0.2, -0.15) is 13.2 Å². The molecule has 0 spiro atoms. The molecule has 18 heavy (non-hydrogen) atoms. The van der Waals surface area contributed by atoms with Gasteiger partial charge in [-0.15, -0.1) is 0 Å². The van der Waals surface area contributed by atoms with Gasteiger partial charge in [0.2, 0.25) is 0 Å². The molecule has 0 aliphatic carbocycles. The van der Waals surface area contributed by atoms with Crippen molar-refractivity contribution in [2.75, 3.05) is 6.54 Å². The first kappa shape index (κ1) is 14.5. The van der Waals surface area contributed by atoms with E-state index in [0.717, 1.165) is 24.1 Å². The van der Waals surface area contributed by atoms with Crippen LogP contribution in [-0.4, -0.2) is 12.4 Å². The van der Waals surface area contributed by atoms with Gasteiger partial charge >= 0.3 is 6.18 Å². The molecule has 100 valence electrons. The lowest BCUT2D eigenvalue weighted by molar-refractivity contribution is -0.137. The van der Waals surface area contributed by atoms with Crippen LogP contribution in [0.1, 0.15) is 24.5 Å². The smallest absolute Gasteiger partial charge is 0.312 e. The SMILES string of the molecule is CCCN=C(Cc1ccc(C(F)(F)F)cc1)NN. The molecule has 0 amide bonds. The van der Waals surface area contributed by atoms with Crippen LogP contribution in [0.4, 0.5) is 13.2 Å². The fraction of sp³-hybridized carbons (Fsp3) is 0.417. The minimum atomic E-state index is -4.30. The van der Waals surface area contributed by atoms with Crippen LogP contribution in [0.3, 0.4) is 0 Å². The third-order valence-corrected chi connectivity index (χ3v) is 2.35. The number of benzene rings is 1. The van der Waals surface area contributed by atoms with Crippen LogP contribution >= 0.6 is 0 Å². The summed E-state index contributed by atoms with van der Waals surface area (Å²) >= 11 is 0. The molecule has 1 aromatic carbocycles. The quantitative estimate of drug-likeness (QED) is 0.378. The summed E-state index contributed by atoms with van der Waals surface area (Å²) < 4.78 is 37.1. The highest BCUT2D eigenvalue weighted by Crippen LogP contribution is 2.29. The van der Waals surface area contributed by atoms with Gasteiger partial charge in [0.05, 0.1) is 5.56 Å². The van der Waals surface area contributed by atoms with Crippen molar-refractivity contribution in [1.82, 2.24) is 5.43 Å². The van der Waals surface area contributed by atoms with Crippen LogP contribution in [0.25, 0.3) is 0 Å². The minimum Gasteiger partial charge on any atom is -0.312 e. The van der Waals surface area contributed by atoms with Crippen molar-refractivity contribution in [1.29, 1.82) is 0 Å². The van der Waals surface area contributed by atoms with Crippen LogP contribution in [0, 0.1) is 0 Å². The Morgan fingerprint density at radius 1 is 1.28 bits per heavy atom. The van der Waals surface area contributed by atoms with E-state index < -0.39 is 11.7 Å². The van der Waals surface area contributed by atoms with E-state index in [9.17, 15) is 13.2 Å². The molecule has 1 rings (SSSR count). The van der Waals surface area contributed by atoms with Crippen LogP contribution < -0.4 is 11.3 Å². The maximum Gasteiger partial charge on any atom is 0.416 e. The Labute approximate surface area is 104 Å². The van der Waals surface area contributed by atoms with Gasteiger partial charge in [-0.05, 0) is 24.1 Å². The van der Waals surface area contributed by atoms with Gasteiger partial charge < -0.3 is 5.43 Å². The van der Waals surface area contributed by atoms with E-state index in [1.54, 1.807) is 0 Å². The first-order chi connectivity index (χ1) is 8.47. The largest absolute Gasteiger partial charge is 0.416 e. The number of alkyl halides is 3. The average Bonchev–Trinajstić information content (AvgIpc) is 2.34. The van der Waals surface area contributed by atoms with Crippen molar-refractivity contribution in [3.8, 4) is 0 Å². The van der Waals surface area contributed by atoms with Crippen molar-refractivity contribution in [2.45, 2.75) is 25.9 Å². The predicted molar refractivity (Wildman–Crippen MR) is 65.1 cm³/mol. The summed E-state index contributed by atoms with van der Waals surface area (Å²) in [7, 11) is 0. The minimum absolute atomic E-state index is 0.397. The number of nitrogens with one attached hydrogen (secondary N) is 1. The molecule has 0 fully saturated rings. The standard InChI is InChI=1S/C12H16F3N3/c1-2-7-17-11(18-16)8-9-3-5-10(6-4-9)12(13,14)15/h3-6H,2,7-8,16H2,1H3,(H,17,18). The van der Waals surface area contributed by atoms with Gasteiger partial charge in [-0.1, -0.05) is 19.1 Å². The molecular formula is C12H16F3N3. The molecule has 0 aromatic heterocycles. The molecule has 0 bridgehead atoms. The van der Waals surface area contributed by atoms with Crippen molar-refractivity contribution >= 4 is 5.84 Å². The number of hydrogen-bond donors (Lipinski definition) is 2. The normalized spacial score (nSPS) is 12.6. The molecule has 3 nitrogen and oxygen atoms in total. The van der Waals surface area contributed by atoms with E-state index in [1.165, 1.54) is 12.1 Å². The summed E-state index contributed by atoms with van der Waals surface area (Å²) in [6, 6.07) is 4.98. The van der Waals surface area contributed by atoms with E-state index >= 15 is 0 Å². The maximum absolute atomic E-state index is 12.4. The Morgan fingerprint density at radius 3 is 2.33 bits per heavy atom. The predicted octanol–water partition coefficient (Wildman–Crippen LogP) is 2.52. The Kier molecular flexibility index (Phi) is 5.15. The number of halogens is 3. The fourth-order valence-electron chi connectivity index (χ4n) is 1.40. The fourth-order valence-corrected chi connectivity index (χ4v) is 1.40. The number of hydrazine groups is 1. The Balaban J connectivity index is 2.74. The van der Waals surface area contributed by atoms with Gasteiger partial charge in [0, 0.05) is 13.0 Å². The molecule has 0 heterocycles. The van der Waals surface area contributed by atoms with E-state index in [0.29, 0.717) is 18.8 Å². The summed E-state index contributed by atoms with van der Waals surface area (Å²) in [5.41, 5.74) is 2.54. The molecule has 0 saturated carbocycles. The monoisotopic (exact) mass is 259 g/mol. The topological polar surface area (TPSA) is 50.4 Å². The number of nitrogens with zero attached hydrogens (tertiary/aromatic N) is 1. The lowest BCUT2D eigenvalue weighted by Crippen LogP contribution is -2.32. The molecule has 3 N–H and O–H groups in total. The van der Waals surface area contributed by atoms with E-state index in [-0.39, 0.29) is 0 Å². The zero-order chi connectivity index (χ0) is 13.6. The molecule has 1 aromatic rings. The summed E-state index contributed by atoms with van der Waals surface area (Å²) in [5, 5.41) is 0. The first-order valence-electron chi connectivity index (χ1n) is 5.63. The van der Waals surface area contributed by atoms with Crippen molar-refractivity contribution < 1.29 is 13.2 Å². The van der Waals surface area contributed by atoms with Crippen molar-refractivity contribution in [3.05, 3.63) is 35.4 Å². The maximum atomic E-state index is 12.4. The highest BCUT2D eigenvalue weighted by Gasteiger charge is 2.29. The molecular weight excluding hydrogens is 243 g/mol. The van der Waals surface area contributed by atoms with Gasteiger partial charge in [0.1, 0.15) is 5.84 Å². The third-order valence-electron chi connectivity index (χ3n) is 2.35. The van der Waals surface area contributed by atoms with Gasteiger partial charge in [-0.3, -0.25) is 4.99 Å². The lowest BCUT2D eigenvalue weighted by atomic mass is 10.1. The zero-order valence-electron chi connectivity index (χ0n) is 10.1. The zero-order valence-corrected chi connectivity index (χ0v) is 10.1. The molecule has 0 aliphatic heterocycles. The Hall–Kier alpha value is -1.56. The molecule has 0 radical (unpaired) electrons. The number of rotatable bonds is 4. The Bertz CT molecular complexity index is 396. The third kappa shape index (κ3) is 4.37. The lowest BCUT2D eigenvalue weighted by Gasteiger charge is -2.09. The molecule has 0 unspecified atom stereocenters. The number of amidine groups is 1. The average molecular weight is 259 g/mol. The summed E-state index contributed by atoms with van der Waals surface area (Å²) in [6.07, 6.45) is -3.02. The number of nitrogens with two attached hydrogens (primary N) is 1. The second-order valence-electron chi connectivity index (χ2n) is 3.84. The van der Waals surface area contributed by atoms with E-state index in [4.69, 9.17) is 5.84 Å². The number of hydrogen-bond acceptors (Lipinski definition) is 2. The highest BCUT2D eigenvalue weighted by atomic mass is 19.4. The highest BCUT2D eigenvalue weighted by molar-refractivity contribution is 5.83. The molecule has 6 heteroatoms. The number of aliphatic imine (C=N–C) groups is 1. The van der Waals surface area contributed by atoms with Gasteiger partial charge in [-0.25, -0.2) is 5.84 Å². The van der Waals surface area contributed by atoms with Crippen molar-refractivity contribution in [3.63, 3.8) is 0 Å². The first-order valence-corrected chi connectivity index (χ1v) is 5.63. The van der Waals surface area contributed by atoms with Crippen LogP contribution in [0.15, 0.2) is 29.3 Å². The van der Waals surface area contributed by atoms with Crippen molar-refractivity contribution in [2.24, 2.45) is 10.8 Å². The Morgan fingerprint density at radius 2 is 1.89 bits per heavy atom. The summed E-state index contributed by atoms with van der Waals surface area (Å²) in [6.45, 7) is 2.62. The summed E-state index contributed by atoms with van der Waals surface area (Å²) in [4.78, 5) is 4.19. The summed E-state index contributed by atoms with van der Waals surface area (Å²) in [5.74, 6) is 5.87. The molecule has 0 atom stereocenters. The van der Waals surface area contributed by atoms with E-state index in [2.05, 4.69) is 10.4 Å². The van der Waals surface area contributed by atoms with Gasteiger partial charge in [0.15, 0.2) is 0 Å². The second kappa shape index (κ2) is 6.39. The van der Waals surface area contributed by atoms with Crippen LogP contribution in [0.2, 0.25) is 0 Å². The van der Waals surface area contributed by atoms with Crippen LogP contribution in [0.5, 0.6) is 0 Å².